The van der Waals surface area contributed by atoms with Crippen molar-refractivity contribution in [2.24, 2.45) is 7.05 Å². The first-order valence-corrected chi connectivity index (χ1v) is 9.80. The lowest BCUT2D eigenvalue weighted by atomic mass is 9.95. The lowest BCUT2D eigenvalue weighted by Gasteiger charge is -2.32. The monoisotopic (exact) mass is 425 g/mol. The minimum absolute atomic E-state index is 0.208. The molecule has 1 amide bonds. The molecule has 4 heterocycles. The third-order valence-corrected chi connectivity index (χ3v) is 5.82. The molecule has 0 N–H and O–H groups in total. The van der Waals surface area contributed by atoms with Gasteiger partial charge in [0.2, 0.25) is 0 Å². The van der Waals surface area contributed by atoms with Crippen molar-refractivity contribution in [1.82, 2.24) is 24.1 Å². The standard InChI is InChI=1S/C22H18F3N5O/c1-12-19-14(21(28(2)27-19)13-10-15(23)18(25)16(24)11-13)5-8-30(12)22(31)20-17-4-3-7-29(17)9-6-26-20/h3-4,6-7,9-12H,5,8H2,1-2H3/t12-/m0/s1. The Morgan fingerprint density at radius 2 is 1.90 bits per heavy atom. The molecule has 1 atom stereocenters. The van der Waals surface area contributed by atoms with Crippen molar-refractivity contribution in [1.29, 1.82) is 0 Å². The van der Waals surface area contributed by atoms with Crippen LogP contribution in [-0.4, -0.2) is 36.5 Å². The predicted molar refractivity (Wildman–Crippen MR) is 107 cm³/mol. The third-order valence-electron chi connectivity index (χ3n) is 5.82. The highest BCUT2D eigenvalue weighted by Gasteiger charge is 2.34. The Morgan fingerprint density at radius 1 is 1.16 bits per heavy atom. The second-order valence-electron chi connectivity index (χ2n) is 7.59. The molecule has 1 aliphatic rings. The van der Waals surface area contributed by atoms with Crippen LogP contribution in [0.15, 0.2) is 42.9 Å². The summed E-state index contributed by atoms with van der Waals surface area (Å²) >= 11 is 0. The fraction of sp³-hybridized carbons (Fsp3) is 0.227. The van der Waals surface area contributed by atoms with Crippen LogP contribution >= 0.6 is 0 Å². The van der Waals surface area contributed by atoms with Crippen LogP contribution < -0.4 is 0 Å². The van der Waals surface area contributed by atoms with Crippen molar-refractivity contribution in [3.8, 4) is 11.3 Å². The number of carbonyl (C=O) groups is 1. The van der Waals surface area contributed by atoms with Crippen molar-refractivity contribution < 1.29 is 18.0 Å². The van der Waals surface area contributed by atoms with Gasteiger partial charge < -0.3 is 9.30 Å². The van der Waals surface area contributed by atoms with E-state index in [1.54, 1.807) is 24.3 Å². The minimum Gasteiger partial charge on any atom is -0.328 e. The Hall–Kier alpha value is -3.62. The fourth-order valence-corrected chi connectivity index (χ4v) is 4.35. The van der Waals surface area contributed by atoms with Gasteiger partial charge in [-0.25, -0.2) is 18.2 Å². The second-order valence-corrected chi connectivity index (χ2v) is 7.59. The summed E-state index contributed by atoms with van der Waals surface area (Å²) in [6.07, 6.45) is 5.64. The molecule has 1 aliphatic heterocycles. The van der Waals surface area contributed by atoms with Gasteiger partial charge in [-0.05, 0) is 37.6 Å². The van der Waals surface area contributed by atoms with Crippen molar-refractivity contribution in [3.05, 3.63) is 77.3 Å². The van der Waals surface area contributed by atoms with E-state index in [1.165, 1.54) is 4.68 Å². The van der Waals surface area contributed by atoms with Gasteiger partial charge in [0, 0.05) is 43.3 Å². The Balaban J connectivity index is 1.54. The number of nitrogens with zero attached hydrogens (tertiary/aromatic N) is 5. The topological polar surface area (TPSA) is 55.4 Å². The smallest absolute Gasteiger partial charge is 0.275 e. The number of carbonyl (C=O) groups excluding carboxylic acids is 1. The minimum atomic E-state index is -1.50. The highest BCUT2D eigenvalue weighted by atomic mass is 19.2. The molecule has 0 spiro atoms. The van der Waals surface area contributed by atoms with Crippen molar-refractivity contribution in [2.75, 3.05) is 6.54 Å². The lowest BCUT2D eigenvalue weighted by molar-refractivity contribution is 0.0669. The van der Waals surface area contributed by atoms with Gasteiger partial charge in [0.25, 0.3) is 5.91 Å². The van der Waals surface area contributed by atoms with E-state index in [9.17, 15) is 18.0 Å². The number of hydrogen-bond donors (Lipinski definition) is 0. The van der Waals surface area contributed by atoms with E-state index in [0.717, 1.165) is 17.7 Å². The number of fused-ring (bicyclic) bond motifs is 2. The number of aromatic nitrogens is 4. The maximum Gasteiger partial charge on any atom is 0.275 e. The fourth-order valence-electron chi connectivity index (χ4n) is 4.35. The van der Waals surface area contributed by atoms with Gasteiger partial charge in [-0.2, -0.15) is 5.10 Å². The average Bonchev–Trinajstić information content (AvgIpc) is 3.35. The normalized spacial score (nSPS) is 16.0. The summed E-state index contributed by atoms with van der Waals surface area (Å²) in [5, 5.41) is 4.53. The SMILES string of the molecule is C[C@H]1c2nn(C)c(-c3cc(F)c(F)c(F)c3)c2CCN1C(=O)c1nccn2cccc12. The average molecular weight is 425 g/mol. The van der Waals surface area contributed by atoms with Crippen LogP contribution in [0.2, 0.25) is 0 Å². The maximum absolute atomic E-state index is 13.8. The van der Waals surface area contributed by atoms with E-state index < -0.39 is 17.5 Å². The number of hydrogen-bond acceptors (Lipinski definition) is 3. The summed E-state index contributed by atoms with van der Waals surface area (Å²) in [5.74, 6) is -4.22. The highest BCUT2D eigenvalue weighted by molar-refractivity contribution is 5.99. The van der Waals surface area contributed by atoms with Gasteiger partial charge in [0.1, 0.15) is 0 Å². The van der Waals surface area contributed by atoms with Gasteiger partial charge in [-0.1, -0.05) is 0 Å². The number of amides is 1. The zero-order valence-electron chi connectivity index (χ0n) is 16.8. The summed E-state index contributed by atoms with van der Waals surface area (Å²) in [5.41, 5.74) is 3.21. The van der Waals surface area contributed by atoms with Gasteiger partial charge in [-0.15, -0.1) is 0 Å². The van der Waals surface area contributed by atoms with Gasteiger partial charge in [0.05, 0.1) is 22.9 Å². The first-order valence-electron chi connectivity index (χ1n) is 9.80. The largest absolute Gasteiger partial charge is 0.328 e. The number of rotatable bonds is 2. The molecular weight excluding hydrogens is 407 g/mol. The molecule has 0 fully saturated rings. The van der Waals surface area contributed by atoms with E-state index in [1.807, 2.05) is 29.7 Å². The molecule has 3 aromatic heterocycles. The molecule has 0 radical (unpaired) electrons. The molecule has 6 nitrogen and oxygen atoms in total. The molecule has 31 heavy (non-hydrogen) atoms. The molecule has 1 aromatic carbocycles. The number of halogens is 3. The summed E-state index contributed by atoms with van der Waals surface area (Å²) in [4.78, 5) is 19.3. The molecular formula is C22H18F3N5O. The van der Waals surface area contributed by atoms with Gasteiger partial charge in [0.15, 0.2) is 23.1 Å². The molecule has 158 valence electrons. The summed E-state index contributed by atoms with van der Waals surface area (Å²) in [7, 11) is 1.66. The maximum atomic E-state index is 13.8. The Labute approximate surface area is 175 Å². The van der Waals surface area contributed by atoms with Crippen LogP contribution in [-0.2, 0) is 13.5 Å². The highest BCUT2D eigenvalue weighted by Crippen LogP contribution is 2.36. The van der Waals surface area contributed by atoms with Gasteiger partial charge >= 0.3 is 0 Å². The van der Waals surface area contributed by atoms with Crippen molar-refractivity contribution in [2.45, 2.75) is 19.4 Å². The number of benzene rings is 1. The van der Waals surface area contributed by atoms with E-state index in [4.69, 9.17) is 0 Å². The lowest BCUT2D eigenvalue weighted by Crippen LogP contribution is -2.39. The van der Waals surface area contributed by atoms with Crippen molar-refractivity contribution >= 4 is 11.4 Å². The third kappa shape index (κ3) is 2.91. The molecule has 9 heteroatoms. The first kappa shape index (κ1) is 19.3. The Kier molecular flexibility index (Phi) is 4.35. The summed E-state index contributed by atoms with van der Waals surface area (Å²) in [6, 6.07) is 5.24. The van der Waals surface area contributed by atoms with Crippen LogP contribution in [0.5, 0.6) is 0 Å². The van der Waals surface area contributed by atoms with Crippen LogP contribution in [0.1, 0.15) is 34.7 Å². The Morgan fingerprint density at radius 3 is 2.65 bits per heavy atom. The molecule has 0 saturated heterocycles. The van der Waals surface area contributed by atoms with E-state index in [0.29, 0.717) is 35.6 Å². The summed E-state index contributed by atoms with van der Waals surface area (Å²) < 4.78 is 44.4. The zero-order valence-corrected chi connectivity index (χ0v) is 16.8. The predicted octanol–water partition coefficient (Wildman–Crippen LogP) is 3.91. The van der Waals surface area contributed by atoms with E-state index >= 15 is 0 Å². The quantitative estimate of drug-likeness (QED) is 0.458. The molecule has 5 rings (SSSR count). The molecule has 0 unspecified atom stereocenters. The zero-order chi connectivity index (χ0) is 21.9. The van der Waals surface area contributed by atoms with Crippen LogP contribution in [0.4, 0.5) is 13.2 Å². The molecule has 0 saturated carbocycles. The van der Waals surface area contributed by atoms with Crippen LogP contribution in [0.25, 0.3) is 16.8 Å². The molecule has 0 aliphatic carbocycles. The summed E-state index contributed by atoms with van der Waals surface area (Å²) in [6.45, 7) is 2.25. The first-order chi connectivity index (χ1) is 14.9. The van der Waals surface area contributed by atoms with Crippen molar-refractivity contribution in [3.63, 3.8) is 0 Å². The van der Waals surface area contributed by atoms with Gasteiger partial charge in [-0.3, -0.25) is 9.48 Å². The van der Waals surface area contributed by atoms with E-state index in [2.05, 4.69) is 10.1 Å². The number of aryl methyl sites for hydroxylation is 1. The van der Waals surface area contributed by atoms with E-state index in [-0.39, 0.29) is 17.5 Å². The van der Waals surface area contributed by atoms with Crippen LogP contribution in [0, 0.1) is 17.5 Å². The molecule has 0 bridgehead atoms. The molecule has 4 aromatic rings. The second kappa shape index (κ2) is 6.97. The Bertz CT molecular complexity index is 1320. The van der Waals surface area contributed by atoms with Crippen LogP contribution in [0.3, 0.4) is 0 Å².